The number of piperazine rings is 1. The van der Waals surface area contributed by atoms with E-state index >= 15 is 8.78 Å². The Bertz CT molecular complexity index is 2270. The van der Waals surface area contributed by atoms with E-state index in [0.717, 1.165) is 37.0 Å². The number of benzene rings is 2. The van der Waals surface area contributed by atoms with Gasteiger partial charge in [0.2, 0.25) is 0 Å². The fourth-order valence-electron chi connectivity index (χ4n) is 8.74. The number of anilines is 2. The fraction of sp³-hybridized carbons (Fsp3) is 0.525. The second kappa shape index (κ2) is 12.9. The number of nitrogens with zero attached hydrogens (tertiary/aromatic N) is 5. The summed E-state index contributed by atoms with van der Waals surface area (Å²) in [5, 5.41) is 13.5. The first-order valence-corrected chi connectivity index (χ1v) is 19.4. The molecule has 2 aromatic heterocycles. The van der Waals surface area contributed by atoms with Crippen LogP contribution in [0.15, 0.2) is 24.3 Å². The Kier molecular flexibility index (Phi) is 8.69. The number of fused-ring (bicyclic) bond motifs is 5. The molecule has 290 valence electrons. The maximum atomic E-state index is 17.2. The quantitative estimate of drug-likeness (QED) is 0.203. The van der Waals surface area contributed by atoms with Crippen molar-refractivity contribution in [2.45, 2.75) is 103 Å². The third-order valence-corrected chi connectivity index (χ3v) is 11.8. The number of aromatic nitrogens is 2. The van der Waals surface area contributed by atoms with Gasteiger partial charge in [0, 0.05) is 34.8 Å². The number of nitrogens with one attached hydrogen (secondary N) is 1. The van der Waals surface area contributed by atoms with Gasteiger partial charge in [0.25, 0.3) is 0 Å². The summed E-state index contributed by atoms with van der Waals surface area (Å²) in [6, 6.07) is 7.77. The van der Waals surface area contributed by atoms with Crippen molar-refractivity contribution in [1.29, 1.82) is 5.26 Å². The monoisotopic (exact) mass is 774 g/mol. The Hall–Kier alpha value is -4.81. The van der Waals surface area contributed by atoms with E-state index in [1.165, 1.54) is 12.1 Å². The molecule has 2 atom stereocenters. The van der Waals surface area contributed by atoms with Crippen LogP contribution in [-0.4, -0.2) is 82.2 Å². The van der Waals surface area contributed by atoms with Gasteiger partial charge in [-0.05, 0) is 91.8 Å². The number of thiophene rings is 1. The van der Waals surface area contributed by atoms with E-state index in [4.69, 9.17) is 23.9 Å². The number of amides is 2. The van der Waals surface area contributed by atoms with Crippen LogP contribution in [0.1, 0.15) is 79.7 Å². The van der Waals surface area contributed by atoms with E-state index in [2.05, 4.69) is 28.2 Å². The maximum Gasteiger partial charge on any atom is 0.412 e. The highest BCUT2D eigenvalue weighted by Gasteiger charge is 2.60. The molecule has 5 fully saturated rings. The van der Waals surface area contributed by atoms with Gasteiger partial charge in [-0.3, -0.25) is 10.2 Å². The molecule has 0 radical (unpaired) electrons. The summed E-state index contributed by atoms with van der Waals surface area (Å²) in [4.78, 5) is 39.3. The number of nitriles is 1. The van der Waals surface area contributed by atoms with Crippen molar-refractivity contribution >= 4 is 55.3 Å². The lowest BCUT2D eigenvalue weighted by atomic mass is 9.64. The standard InChI is InChI=1S/C40H44F2N6O6S/c1-37(2,3)53-35(49)46-33-26(14-43)28-23(12-13-27(41)31(28)55-33)24-10-11-25-30(29(24)42)44-34(51-19-40-17-39(7,18-40)52-20-40)45-32(25)47-15-21-8-9-22(16-47)48(21)36(50)54-38(4,5)6/h10-13,21-22H,8-9,15-20H2,1-7H3,(H,46,49). The molecule has 4 aliphatic heterocycles. The van der Waals surface area contributed by atoms with Crippen LogP contribution in [0.25, 0.3) is 32.1 Å². The minimum Gasteiger partial charge on any atom is -0.463 e. The molecule has 1 N–H and O–H groups in total. The molecule has 2 amide bonds. The Morgan fingerprint density at radius 3 is 2.31 bits per heavy atom. The van der Waals surface area contributed by atoms with Gasteiger partial charge in [0.05, 0.1) is 41.2 Å². The SMILES string of the molecule is CC(C)(C)OC(=O)Nc1sc2c(F)ccc(-c3ccc4c(N5CC6CCC(C5)N6C(=O)OC(C)(C)C)nc(OCC56COC(C)(C5)C6)nc4c3F)c2c1C#N. The molecule has 1 aliphatic carbocycles. The van der Waals surface area contributed by atoms with Crippen LogP contribution < -0.4 is 15.0 Å². The van der Waals surface area contributed by atoms with Crippen molar-refractivity contribution in [3.05, 3.63) is 41.5 Å². The summed E-state index contributed by atoms with van der Waals surface area (Å²) in [6.07, 6.45) is 2.13. The number of carbonyl (C=O) groups is 2. The van der Waals surface area contributed by atoms with Gasteiger partial charge in [-0.1, -0.05) is 12.1 Å². The average molecular weight is 775 g/mol. The summed E-state index contributed by atoms with van der Waals surface area (Å²) < 4.78 is 56.0. The van der Waals surface area contributed by atoms with Crippen LogP contribution >= 0.6 is 11.3 Å². The summed E-state index contributed by atoms with van der Waals surface area (Å²) in [7, 11) is 0. The summed E-state index contributed by atoms with van der Waals surface area (Å²) in [6.45, 7) is 14.5. The molecule has 9 rings (SSSR count). The topological polar surface area (TPSA) is 139 Å². The Labute approximate surface area is 321 Å². The minimum absolute atomic E-state index is 0.00338. The van der Waals surface area contributed by atoms with Crippen molar-refractivity contribution in [3.63, 3.8) is 0 Å². The number of hydrogen-bond acceptors (Lipinski definition) is 11. The largest absolute Gasteiger partial charge is 0.463 e. The van der Waals surface area contributed by atoms with Gasteiger partial charge in [0.1, 0.15) is 39.4 Å². The number of rotatable bonds is 6. The zero-order valence-electron chi connectivity index (χ0n) is 32.0. The van der Waals surface area contributed by atoms with Crippen LogP contribution in [0.4, 0.5) is 29.2 Å². The van der Waals surface area contributed by atoms with E-state index in [1.807, 2.05) is 25.7 Å². The van der Waals surface area contributed by atoms with Crippen LogP contribution in [0.3, 0.4) is 0 Å². The van der Waals surface area contributed by atoms with Crippen LogP contribution in [0.2, 0.25) is 0 Å². The Morgan fingerprint density at radius 2 is 1.69 bits per heavy atom. The lowest BCUT2D eigenvalue weighted by molar-refractivity contribution is -0.00934. The molecule has 2 aromatic carbocycles. The van der Waals surface area contributed by atoms with E-state index in [9.17, 15) is 14.9 Å². The molecule has 1 saturated carbocycles. The number of halogens is 2. The first-order chi connectivity index (χ1) is 25.8. The molecule has 4 bridgehead atoms. The van der Waals surface area contributed by atoms with Gasteiger partial charge in [-0.25, -0.2) is 18.4 Å². The number of ether oxygens (including phenoxy) is 4. The smallest absolute Gasteiger partial charge is 0.412 e. The third kappa shape index (κ3) is 6.77. The Morgan fingerprint density at radius 1 is 1.02 bits per heavy atom. The second-order valence-electron chi connectivity index (χ2n) is 17.6. The van der Waals surface area contributed by atoms with Crippen molar-refractivity contribution in [1.82, 2.24) is 14.9 Å². The Balaban J connectivity index is 1.20. The predicted molar refractivity (Wildman–Crippen MR) is 203 cm³/mol. The molecule has 2 unspecified atom stereocenters. The minimum atomic E-state index is -0.810. The molecule has 4 saturated heterocycles. The summed E-state index contributed by atoms with van der Waals surface area (Å²) >= 11 is 0.873. The van der Waals surface area contributed by atoms with Gasteiger partial charge in [-0.2, -0.15) is 15.2 Å². The molecule has 6 heterocycles. The highest BCUT2D eigenvalue weighted by atomic mass is 32.1. The van der Waals surface area contributed by atoms with E-state index < -0.39 is 28.9 Å². The van der Waals surface area contributed by atoms with Gasteiger partial charge >= 0.3 is 18.2 Å². The fourth-order valence-corrected chi connectivity index (χ4v) is 9.81. The van der Waals surface area contributed by atoms with Crippen molar-refractivity contribution in [2.24, 2.45) is 5.41 Å². The molecule has 0 spiro atoms. The molecule has 12 nitrogen and oxygen atoms in total. The molecule has 4 aromatic rings. The van der Waals surface area contributed by atoms with Crippen LogP contribution in [0, 0.1) is 28.4 Å². The van der Waals surface area contributed by atoms with E-state index in [0.29, 0.717) is 37.5 Å². The zero-order chi connectivity index (χ0) is 39.2. The number of hydrogen-bond donors (Lipinski definition) is 1. The second-order valence-corrected chi connectivity index (χ2v) is 18.6. The van der Waals surface area contributed by atoms with E-state index in [-0.39, 0.29) is 72.5 Å². The molecule has 5 aliphatic rings. The lowest BCUT2D eigenvalue weighted by Crippen LogP contribution is -2.57. The first-order valence-electron chi connectivity index (χ1n) is 18.5. The van der Waals surface area contributed by atoms with Crippen LogP contribution in [-0.2, 0) is 14.2 Å². The molecular formula is C40H44F2N6O6S. The van der Waals surface area contributed by atoms with Gasteiger partial charge in [0.15, 0.2) is 5.82 Å². The first kappa shape index (κ1) is 37.1. The van der Waals surface area contributed by atoms with Crippen molar-refractivity contribution in [2.75, 3.05) is 36.5 Å². The highest BCUT2D eigenvalue weighted by Crippen LogP contribution is 2.57. The summed E-state index contributed by atoms with van der Waals surface area (Å²) in [5.74, 6) is -0.850. The maximum absolute atomic E-state index is 17.2. The highest BCUT2D eigenvalue weighted by molar-refractivity contribution is 7.23. The van der Waals surface area contributed by atoms with Crippen molar-refractivity contribution < 1.29 is 37.3 Å². The normalized spacial score (nSPS) is 24.5. The average Bonchev–Trinajstić information content (AvgIpc) is 3.79. The molecular weight excluding hydrogens is 731 g/mol. The third-order valence-electron chi connectivity index (χ3n) is 10.7. The van der Waals surface area contributed by atoms with E-state index in [1.54, 1.807) is 32.9 Å². The lowest BCUT2D eigenvalue weighted by Gasteiger charge is -2.42. The zero-order valence-corrected chi connectivity index (χ0v) is 32.8. The predicted octanol–water partition coefficient (Wildman–Crippen LogP) is 8.54. The number of carbonyl (C=O) groups excluding carboxylic acids is 2. The summed E-state index contributed by atoms with van der Waals surface area (Å²) in [5.41, 5.74) is -1.45. The van der Waals surface area contributed by atoms with Crippen LogP contribution in [0.5, 0.6) is 6.01 Å². The molecule has 55 heavy (non-hydrogen) atoms. The van der Waals surface area contributed by atoms with Gasteiger partial charge < -0.3 is 23.8 Å². The molecule has 15 heteroatoms. The van der Waals surface area contributed by atoms with Gasteiger partial charge in [-0.15, -0.1) is 11.3 Å². The van der Waals surface area contributed by atoms with Crippen molar-refractivity contribution in [3.8, 4) is 23.2 Å².